The van der Waals surface area contributed by atoms with E-state index in [4.69, 9.17) is 4.74 Å². The van der Waals surface area contributed by atoms with Crippen LogP contribution in [0.1, 0.15) is 24.5 Å². The minimum atomic E-state index is 0.0868. The van der Waals surface area contributed by atoms with E-state index in [0.717, 1.165) is 25.1 Å². The van der Waals surface area contributed by atoms with Crippen molar-refractivity contribution < 1.29 is 9.53 Å². The highest BCUT2D eigenvalue weighted by atomic mass is 16.5. The van der Waals surface area contributed by atoms with Gasteiger partial charge in [0.05, 0.1) is 6.54 Å². The monoisotopic (exact) mass is 247 g/mol. The number of carbonyl (C=O) groups is 1. The standard InChI is InChI=1S/C8H8N2O.C5H9NO/c1-2-7(4-9-3-1)8-5-10-6-11-8;7-5-6-3-1-2-4-6/h1-4,6,8H,5H2;5H,1-4H2/t8-;/m0./s1. The van der Waals surface area contributed by atoms with E-state index in [9.17, 15) is 4.79 Å². The molecular weight excluding hydrogens is 230 g/mol. The smallest absolute Gasteiger partial charge is 0.209 e. The second-order valence-electron chi connectivity index (χ2n) is 4.23. The number of carbonyl (C=O) groups excluding carboxylic acids is 1. The van der Waals surface area contributed by atoms with Crippen molar-refractivity contribution in [3.63, 3.8) is 0 Å². The van der Waals surface area contributed by atoms with E-state index in [1.165, 1.54) is 19.2 Å². The van der Waals surface area contributed by atoms with Gasteiger partial charge in [0.1, 0.15) is 6.10 Å². The number of amides is 1. The predicted octanol–water partition coefficient (Wildman–Crippen LogP) is 1.42. The molecule has 0 saturated carbocycles. The highest BCUT2D eigenvalue weighted by Gasteiger charge is 2.14. The van der Waals surface area contributed by atoms with Gasteiger partial charge in [-0.1, -0.05) is 6.07 Å². The fraction of sp³-hybridized carbons (Fsp3) is 0.462. The molecule has 5 heteroatoms. The molecule has 96 valence electrons. The summed E-state index contributed by atoms with van der Waals surface area (Å²) in [4.78, 5) is 19.7. The van der Waals surface area contributed by atoms with Gasteiger partial charge in [0.25, 0.3) is 0 Å². The summed E-state index contributed by atoms with van der Waals surface area (Å²) in [5.74, 6) is 0. The van der Waals surface area contributed by atoms with Gasteiger partial charge >= 0.3 is 0 Å². The summed E-state index contributed by atoms with van der Waals surface area (Å²) < 4.78 is 5.21. The Labute approximate surface area is 106 Å². The summed E-state index contributed by atoms with van der Waals surface area (Å²) in [6.45, 7) is 2.67. The summed E-state index contributed by atoms with van der Waals surface area (Å²) in [5, 5.41) is 0. The average Bonchev–Trinajstić information content (AvgIpc) is 3.14. The van der Waals surface area contributed by atoms with Crippen molar-refractivity contribution in [1.82, 2.24) is 9.88 Å². The van der Waals surface area contributed by atoms with Gasteiger partial charge in [-0.2, -0.15) is 0 Å². The Bertz CT molecular complexity index is 380. The van der Waals surface area contributed by atoms with Crippen LogP contribution >= 0.6 is 0 Å². The molecule has 18 heavy (non-hydrogen) atoms. The van der Waals surface area contributed by atoms with Crippen LogP contribution in [-0.2, 0) is 9.53 Å². The number of nitrogens with zero attached hydrogens (tertiary/aromatic N) is 3. The Morgan fingerprint density at radius 3 is 2.72 bits per heavy atom. The zero-order valence-electron chi connectivity index (χ0n) is 10.2. The Morgan fingerprint density at radius 1 is 1.39 bits per heavy atom. The molecule has 1 aromatic rings. The first-order valence-corrected chi connectivity index (χ1v) is 6.13. The highest BCUT2D eigenvalue weighted by molar-refractivity contribution is 5.49. The molecule has 3 rings (SSSR count). The molecule has 1 saturated heterocycles. The van der Waals surface area contributed by atoms with Gasteiger partial charge in [0.2, 0.25) is 6.41 Å². The first-order chi connectivity index (χ1) is 8.90. The van der Waals surface area contributed by atoms with Crippen LogP contribution in [0.4, 0.5) is 0 Å². The summed E-state index contributed by atoms with van der Waals surface area (Å²) in [6.07, 6.45) is 8.45. The molecule has 1 aromatic heterocycles. The Kier molecular flexibility index (Phi) is 4.69. The van der Waals surface area contributed by atoms with E-state index in [2.05, 4.69) is 9.98 Å². The van der Waals surface area contributed by atoms with Crippen LogP contribution < -0.4 is 0 Å². The van der Waals surface area contributed by atoms with Crippen molar-refractivity contribution in [1.29, 1.82) is 0 Å². The first-order valence-electron chi connectivity index (χ1n) is 6.13. The predicted molar refractivity (Wildman–Crippen MR) is 68.3 cm³/mol. The molecule has 0 unspecified atom stereocenters. The Hall–Kier alpha value is -1.91. The maximum absolute atomic E-state index is 9.93. The second-order valence-corrected chi connectivity index (χ2v) is 4.23. The van der Waals surface area contributed by atoms with Crippen LogP contribution in [0.25, 0.3) is 0 Å². The van der Waals surface area contributed by atoms with Crippen LogP contribution in [0.3, 0.4) is 0 Å². The van der Waals surface area contributed by atoms with Gasteiger partial charge in [-0.15, -0.1) is 0 Å². The number of ether oxygens (including phenoxy) is 1. The third-order valence-electron chi connectivity index (χ3n) is 2.92. The summed E-state index contributed by atoms with van der Waals surface area (Å²) in [6, 6.07) is 3.89. The molecular formula is C13H17N3O2. The van der Waals surface area contributed by atoms with Gasteiger partial charge in [-0.3, -0.25) is 14.8 Å². The lowest BCUT2D eigenvalue weighted by atomic mass is 10.2. The molecule has 3 heterocycles. The van der Waals surface area contributed by atoms with Crippen LogP contribution in [-0.4, -0.2) is 42.3 Å². The molecule has 1 amide bonds. The number of pyridine rings is 1. The molecule has 1 atom stereocenters. The number of hydrogen-bond acceptors (Lipinski definition) is 4. The molecule has 0 N–H and O–H groups in total. The van der Waals surface area contributed by atoms with E-state index in [1.807, 2.05) is 12.1 Å². The minimum Gasteiger partial charge on any atom is -0.474 e. The molecule has 0 aromatic carbocycles. The van der Waals surface area contributed by atoms with Gasteiger partial charge in [-0.05, 0) is 18.9 Å². The topological polar surface area (TPSA) is 54.8 Å². The largest absolute Gasteiger partial charge is 0.474 e. The first kappa shape index (κ1) is 12.5. The second kappa shape index (κ2) is 6.74. The highest BCUT2D eigenvalue weighted by Crippen LogP contribution is 2.18. The fourth-order valence-corrected chi connectivity index (χ4v) is 1.90. The lowest BCUT2D eigenvalue weighted by molar-refractivity contribution is -0.117. The SMILES string of the molecule is C1=NC[C@@H](c2cccnc2)O1.O=CN1CCCC1. The Balaban J connectivity index is 0.000000149. The van der Waals surface area contributed by atoms with E-state index in [-0.39, 0.29) is 6.10 Å². The van der Waals surface area contributed by atoms with E-state index in [0.29, 0.717) is 6.54 Å². The molecule has 0 bridgehead atoms. The summed E-state index contributed by atoms with van der Waals surface area (Å²) >= 11 is 0. The van der Waals surface area contributed by atoms with Gasteiger partial charge in [0, 0.05) is 31.0 Å². The molecule has 0 radical (unpaired) electrons. The maximum Gasteiger partial charge on any atom is 0.209 e. The van der Waals surface area contributed by atoms with Crippen molar-refractivity contribution in [2.45, 2.75) is 18.9 Å². The lowest BCUT2D eigenvalue weighted by Crippen LogP contribution is -2.15. The zero-order chi connectivity index (χ0) is 12.6. The summed E-state index contributed by atoms with van der Waals surface area (Å²) in [5.41, 5.74) is 1.09. The number of hydrogen-bond donors (Lipinski definition) is 0. The van der Waals surface area contributed by atoms with E-state index < -0.39 is 0 Å². The molecule has 1 fully saturated rings. The van der Waals surface area contributed by atoms with Crippen LogP contribution in [0.15, 0.2) is 29.5 Å². The van der Waals surface area contributed by atoms with Crippen molar-refractivity contribution >= 4 is 12.8 Å². The quantitative estimate of drug-likeness (QED) is 0.743. The lowest BCUT2D eigenvalue weighted by Gasteiger charge is -2.06. The maximum atomic E-state index is 9.93. The molecule has 0 aliphatic carbocycles. The Morgan fingerprint density at radius 2 is 2.22 bits per heavy atom. The molecule has 0 spiro atoms. The number of aromatic nitrogens is 1. The van der Waals surface area contributed by atoms with Crippen molar-refractivity contribution in [3.8, 4) is 0 Å². The fourth-order valence-electron chi connectivity index (χ4n) is 1.90. The summed E-state index contributed by atoms with van der Waals surface area (Å²) in [7, 11) is 0. The van der Waals surface area contributed by atoms with E-state index in [1.54, 1.807) is 17.3 Å². The minimum absolute atomic E-state index is 0.0868. The third kappa shape index (κ3) is 3.55. The third-order valence-corrected chi connectivity index (χ3v) is 2.92. The normalized spacial score (nSPS) is 21.1. The number of likely N-dealkylation sites (tertiary alicyclic amines) is 1. The van der Waals surface area contributed by atoms with Gasteiger partial charge in [0.15, 0.2) is 6.40 Å². The average molecular weight is 247 g/mol. The van der Waals surface area contributed by atoms with Crippen LogP contribution in [0, 0.1) is 0 Å². The van der Waals surface area contributed by atoms with Crippen molar-refractivity contribution in [3.05, 3.63) is 30.1 Å². The van der Waals surface area contributed by atoms with E-state index >= 15 is 0 Å². The number of rotatable bonds is 2. The van der Waals surface area contributed by atoms with Gasteiger partial charge < -0.3 is 9.64 Å². The van der Waals surface area contributed by atoms with Crippen molar-refractivity contribution in [2.24, 2.45) is 4.99 Å². The molecule has 2 aliphatic rings. The molecule has 2 aliphatic heterocycles. The van der Waals surface area contributed by atoms with Crippen LogP contribution in [0.5, 0.6) is 0 Å². The zero-order valence-corrected chi connectivity index (χ0v) is 10.2. The number of aliphatic imine (C=N–C) groups is 1. The molecule has 5 nitrogen and oxygen atoms in total. The van der Waals surface area contributed by atoms with Crippen LogP contribution in [0.2, 0.25) is 0 Å². The van der Waals surface area contributed by atoms with Crippen molar-refractivity contribution in [2.75, 3.05) is 19.6 Å². The van der Waals surface area contributed by atoms with Gasteiger partial charge in [-0.25, -0.2) is 0 Å².